The first-order valence-electron chi connectivity index (χ1n) is 6.32. The average Bonchev–Trinajstić information content (AvgIpc) is 2.42. The van der Waals surface area contributed by atoms with E-state index in [1.807, 2.05) is 7.05 Å². The van der Waals surface area contributed by atoms with Crippen molar-refractivity contribution >= 4 is 5.84 Å². The molecule has 17 heavy (non-hydrogen) atoms. The second kappa shape index (κ2) is 6.24. The SMILES string of the molecule is CN=C(NCC1=CCCC=C1)C1=CC=CCC1. The van der Waals surface area contributed by atoms with Gasteiger partial charge in [-0.05, 0) is 36.8 Å². The zero-order valence-corrected chi connectivity index (χ0v) is 10.4. The molecule has 0 saturated heterocycles. The third kappa shape index (κ3) is 3.45. The van der Waals surface area contributed by atoms with E-state index in [9.17, 15) is 0 Å². The summed E-state index contributed by atoms with van der Waals surface area (Å²) in [5, 5.41) is 3.44. The smallest absolute Gasteiger partial charge is 0.124 e. The predicted molar refractivity (Wildman–Crippen MR) is 74.3 cm³/mol. The molecule has 0 atom stereocenters. The van der Waals surface area contributed by atoms with Crippen molar-refractivity contribution in [3.05, 3.63) is 47.6 Å². The Balaban J connectivity index is 1.92. The van der Waals surface area contributed by atoms with E-state index in [1.54, 1.807) is 0 Å². The number of hydrogen-bond donors (Lipinski definition) is 1. The van der Waals surface area contributed by atoms with E-state index in [1.165, 1.54) is 17.6 Å². The van der Waals surface area contributed by atoms with Crippen LogP contribution in [0.1, 0.15) is 25.7 Å². The lowest BCUT2D eigenvalue weighted by molar-refractivity contribution is 0.922. The van der Waals surface area contributed by atoms with Gasteiger partial charge in [0.1, 0.15) is 5.84 Å². The van der Waals surface area contributed by atoms with Gasteiger partial charge in [0, 0.05) is 13.6 Å². The fourth-order valence-electron chi connectivity index (χ4n) is 2.12. The largest absolute Gasteiger partial charge is 0.366 e. The van der Waals surface area contributed by atoms with Gasteiger partial charge in [0.05, 0.1) is 0 Å². The number of nitrogens with zero attached hydrogens (tertiary/aromatic N) is 1. The minimum Gasteiger partial charge on any atom is -0.366 e. The van der Waals surface area contributed by atoms with Crippen LogP contribution in [0, 0.1) is 0 Å². The van der Waals surface area contributed by atoms with E-state index in [-0.39, 0.29) is 0 Å². The molecule has 90 valence electrons. The summed E-state index contributed by atoms with van der Waals surface area (Å²) in [5.74, 6) is 1.04. The van der Waals surface area contributed by atoms with Gasteiger partial charge < -0.3 is 5.32 Å². The van der Waals surface area contributed by atoms with Gasteiger partial charge in [0.15, 0.2) is 0 Å². The zero-order chi connectivity index (χ0) is 11.9. The van der Waals surface area contributed by atoms with Crippen LogP contribution in [0.15, 0.2) is 52.6 Å². The van der Waals surface area contributed by atoms with Crippen LogP contribution in [0.3, 0.4) is 0 Å². The van der Waals surface area contributed by atoms with Crippen molar-refractivity contribution in [3.63, 3.8) is 0 Å². The molecule has 2 aliphatic rings. The third-order valence-corrected chi connectivity index (χ3v) is 3.07. The molecule has 2 nitrogen and oxygen atoms in total. The van der Waals surface area contributed by atoms with Crippen LogP contribution in [-0.2, 0) is 0 Å². The number of rotatable bonds is 3. The molecule has 0 amide bonds. The monoisotopic (exact) mass is 228 g/mol. The molecule has 0 fully saturated rings. The highest BCUT2D eigenvalue weighted by Gasteiger charge is 2.07. The number of allylic oxidation sites excluding steroid dienone is 5. The van der Waals surface area contributed by atoms with Gasteiger partial charge in [-0.25, -0.2) is 0 Å². The molecule has 0 radical (unpaired) electrons. The second-order valence-corrected chi connectivity index (χ2v) is 4.34. The maximum Gasteiger partial charge on any atom is 0.124 e. The van der Waals surface area contributed by atoms with Gasteiger partial charge in [-0.15, -0.1) is 0 Å². The lowest BCUT2D eigenvalue weighted by Crippen LogP contribution is -2.27. The quantitative estimate of drug-likeness (QED) is 0.582. The Kier molecular flexibility index (Phi) is 4.37. The second-order valence-electron chi connectivity index (χ2n) is 4.34. The molecule has 2 heteroatoms. The van der Waals surface area contributed by atoms with Gasteiger partial charge in [-0.2, -0.15) is 0 Å². The fourth-order valence-corrected chi connectivity index (χ4v) is 2.12. The van der Waals surface area contributed by atoms with Crippen LogP contribution >= 0.6 is 0 Å². The van der Waals surface area contributed by atoms with Crippen LogP contribution in [0.2, 0.25) is 0 Å². The molecule has 0 aromatic heterocycles. The Hall–Kier alpha value is -1.57. The lowest BCUT2D eigenvalue weighted by atomic mass is 10.0. The number of hydrogen-bond acceptors (Lipinski definition) is 1. The van der Waals surface area contributed by atoms with Gasteiger partial charge in [-0.1, -0.05) is 36.5 Å². The first-order valence-corrected chi connectivity index (χ1v) is 6.32. The highest BCUT2D eigenvalue weighted by Crippen LogP contribution is 2.13. The van der Waals surface area contributed by atoms with Crippen molar-refractivity contribution in [2.75, 3.05) is 13.6 Å². The summed E-state index contributed by atoms with van der Waals surface area (Å²) in [6.07, 6.45) is 17.8. The molecule has 0 saturated carbocycles. The van der Waals surface area contributed by atoms with Gasteiger partial charge >= 0.3 is 0 Å². The third-order valence-electron chi connectivity index (χ3n) is 3.07. The molecule has 0 spiro atoms. The summed E-state index contributed by atoms with van der Waals surface area (Å²) in [6.45, 7) is 0.879. The van der Waals surface area contributed by atoms with Gasteiger partial charge in [0.25, 0.3) is 0 Å². The zero-order valence-electron chi connectivity index (χ0n) is 10.4. The molecule has 0 aromatic rings. The first kappa shape index (κ1) is 11.9. The molecular formula is C15H20N2. The van der Waals surface area contributed by atoms with E-state index in [4.69, 9.17) is 0 Å². The Morgan fingerprint density at radius 2 is 2.24 bits per heavy atom. The Bertz CT molecular complexity index is 409. The van der Waals surface area contributed by atoms with E-state index in [0.29, 0.717) is 0 Å². The van der Waals surface area contributed by atoms with Crippen molar-refractivity contribution in [3.8, 4) is 0 Å². The molecule has 0 aromatic carbocycles. The summed E-state index contributed by atoms with van der Waals surface area (Å²) in [4.78, 5) is 4.35. The Labute approximate surface area is 104 Å². The van der Waals surface area contributed by atoms with Gasteiger partial charge in [-0.3, -0.25) is 4.99 Å². The standard InChI is InChI=1S/C15H20N2/c1-16-15(14-10-6-3-7-11-14)17-12-13-8-4-2-5-9-13/h3-4,6,8-10H,2,5,7,11-12H2,1H3,(H,16,17). The lowest BCUT2D eigenvalue weighted by Gasteiger charge is -2.15. The van der Waals surface area contributed by atoms with Crippen LogP contribution < -0.4 is 5.32 Å². The minimum absolute atomic E-state index is 0.879. The van der Waals surface area contributed by atoms with Crippen molar-refractivity contribution in [2.45, 2.75) is 25.7 Å². The summed E-state index contributed by atoms with van der Waals surface area (Å²) in [7, 11) is 1.85. The fraction of sp³-hybridized carbons (Fsp3) is 0.400. The highest BCUT2D eigenvalue weighted by molar-refractivity contribution is 5.98. The molecule has 0 aliphatic heterocycles. The molecule has 0 bridgehead atoms. The van der Waals surface area contributed by atoms with Crippen molar-refractivity contribution in [2.24, 2.45) is 4.99 Å². The maximum atomic E-state index is 4.35. The summed E-state index contributed by atoms with van der Waals surface area (Å²) < 4.78 is 0. The molecular weight excluding hydrogens is 208 g/mol. The number of nitrogens with one attached hydrogen (secondary N) is 1. The van der Waals surface area contributed by atoms with Crippen LogP contribution in [-0.4, -0.2) is 19.4 Å². The van der Waals surface area contributed by atoms with Crippen LogP contribution in [0.4, 0.5) is 0 Å². The first-order chi connectivity index (χ1) is 8.40. The Morgan fingerprint density at radius 3 is 2.88 bits per heavy atom. The van der Waals surface area contributed by atoms with E-state index in [0.717, 1.165) is 31.6 Å². The summed E-state index contributed by atoms with van der Waals surface area (Å²) in [5.41, 5.74) is 2.68. The molecule has 0 heterocycles. The van der Waals surface area contributed by atoms with Crippen LogP contribution in [0.5, 0.6) is 0 Å². The van der Waals surface area contributed by atoms with Gasteiger partial charge in [0.2, 0.25) is 0 Å². The molecule has 0 unspecified atom stereocenters. The number of amidine groups is 1. The van der Waals surface area contributed by atoms with E-state index >= 15 is 0 Å². The van der Waals surface area contributed by atoms with E-state index in [2.05, 4.69) is 46.8 Å². The highest BCUT2D eigenvalue weighted by atomic mass is 15.0. The summed E-state index contributed by atoms with van der Waals surface area (Å²) in [6, 6.07) is 0. The summed E-state index contributed by atoms with van der Waals surface area (Å²) >= 11 is 0. The molecule has 1 N–H and O–H groups in total. The van der Waals surface area contributed by atoms with E-state index < -0.39 is 0 Å². The molecule has 2 aliphatic carbocycles. The Morgan fingerprint density at radius 1 is 1.29 bits per heavy atom. The predicted octanol–water partition coefficient (Wildman–Crippen LogP) is 3.16. The van der Waals surface area contributed by atoms with Crippen molar-refractivity contribution in [1.29, 1.82) is 0 Å². The average molecular weight is 228 g/mol. The number of aliphatic imine (C=N–C) groups is 1. The van der Waals surface area contributed by atoms with Crippen LogP contribution in [0.25, 0.3) is 0 Å². The van der Waals surface area contributed by atoms with Crippen molar-refractivity contribution < 1.29 is 0 Å². The normalized spacial score (nSPS) is 19.9. The maximum absolute atomic E-state index is 4.35. The van der Waals surface area contributed by atoms with Crippen molar-refractivity contribution in [1.82, 2.24) is 5.32 Å². The minimum atomic E-state index is 0.879. The topological polar surface area (TPSA) is 24.4 Å². The molecule has 2 rings (SSSR count).